The van der Waals surface area contributed by atoms with Crippen molar-refractivity contribution in [1.29, 1.82) is 0 Å². The maximum Gasteiger partial charge on any atom is 0.120 e. The molecule has 148 valence electrons. The van der Waals surface area contributed by atoms with Crippen molar-refractivity contribution in [3.63, 3.8) is 0 Å². The van der Waals surface area contributed by atoms with Gasteiger partial charge in [0.25, 0.3) is 0 Å². The monoisotopic (exact) mass is 364 g/mol. The van der Waals surface area contributed by atoms with Gasteiger partial charge >= 0.3 is 0 Å². The van der Waals surface area contributed by atoms with E-state index in [1.54, 1.807) is 0 Å². The van der Waals surface area contributed by atoms with E-state index in [9.17, 15) is 20.1 Å². The first-order chi connectivity index (χ1) is 12.2. The molecular weight excluding hydrogens is 328 g/mol. The topological polar surface area (TPSA) is 77.8 Å². The van der Waals surface area contributed by atoms with Crippen LogP contribution in [0.3, 0.4) is 0 Å². The van der Waals surface area contributed by atoms with Crippen LogP contribution < -0.4 is 0 Å². The first kappa shape index (κ1) is 18.9. The Kier molecular flexibility index (Phi) is 4.38. The Balaban J connectivity index is 1.65. The lowest BCUT2D eigenvalue weighted by molar-refractivity contribution is -0.236. The van der Waals surface area contributed by atoms with Gasteiger partial charge in [-0.1, -0.05) is 13.8 Å². The van der Waals surface area contributed by atoms with Crippen LogP contribution in [0.2, 0.25) is 0 Å². The van der Waals surface area contributed by atoms with Crippen LogP contribution in [0.5, 0.6) is 0 Å². The summed E-state index contributed by atoms with van der Waals surface area (Å²) in [6, 6.07) is 0. The number of carbonyl (C=O) groups excluding carboxylic acids is 1. The number of carbonyl (C=O) groups is 1. The lowest BCUT2D eigenvalue weighted by Gasteiger charge is -2.64. The highest BCUT2D eigenvalue weighted by Gasteiger charge is 2.71. The molecule has 4 nitrogen and oxygen atoms in total. The van der Waals surface area contributed by atoms with Crippen molar-refractivity contribution in [2.75, 3.05) is 0 Å². The summed E-state index contributed by atoms with van der Waals surface area (Å²) < 4.78 is 0. The molecule has 0 saturated heterocycles. The van der Waals surface area contributed by atoms with Gasteiger partial charge in [-0.25, -0.2) is 0 Å². The molecular formula is C22H36O4. The van der Waals surface area contributed by atoms with Gasteiger partial charge in [-0.2, -0.15) is 0 Å². The van der Waals surface area contributed by atoms with Crippen molar-refractivity contribution >= 4 is 6.29 Å². The molecule has 3 unspecified atom stereocenters. The van der Waals surface area contributed by atoms with Gasteiger partial charge in [0.2, 0.25) is 0 Å². The van der Waals surface area contributed by atoms with Gasteiger partial charge in [0.1, 0.15) is 6.29 Å². The van der Waals surface area contributed by atoms with E-state index in [-0.39, 0.29) is 17.4 Å². The van der Waals surface area contributed by atoms with Crippen LogP contribution in [0, 0.1) is 28.6 Å². The Morgan fingerprint density at radius 2 is 1.73 bits per heavy atom. The minimum atomic E-state index is -0.922. The Morgan fingerprint density at radius 3 is 2.46 bits per heavy atom. The van der Waals surface area contributed by atoms with E-state index in [2.05, 4.69) is 13.8 Å². The third-order valence-corrected chi connectivity index (χ3v) is 9.81. The maximum atomic E-state index is 12.0. The van der Waals surface area contributed by atoms with E-state index >= 15 is 0 Å². The molecule has 0 heterocycles. The summed E-state index contributed by atoms with van der Waals surface area (Å²) in [4.78, 5) is 10.9. The fourth-order valence-corrected chi connectivity index (χ4v) is 8.02. The van der Waals surface area contributed by atoms with Crippen LogP contribution in [-0.2, 0) is 4.79 Å². The molecule has 4 fully saturated rings. The van der Waals surface area contributed by atoms with Gasteiger partial charge in [-0.15, -0.1) is 0 Å². The first-order valence-electron chi connectivity index (χ1n) is 10.8. The van der Waals surface area contributed by atoms with E-state index in [4.69, 9.17) is 0 Å². The van der Waals surface area contributed by atoms with Crippen molar-refractivity contribution in [1.82, 2.24) is 0 Å². The molecule has 0 aromatic rings. The van der Waals surface area contributed by atoms with Gasteiger partial charge in [-0.05, 0) is 87.4 Å². The summed E-state index contributed by atoms with van der Waals surface area (Å²) in [5.41, 5.74) is -2.05. The van der Waals surface area contributed by atoms with Gasteiger partial charge < -0.3 is 20.1 Å². The normalized spacial score (nSPS) is 56.3. The molecule has 0 aromatic heterocycles. The highest BCUT2D eigenvalue weighted by molar-refractivity contribution is 5.49. The molecule has 0 amide bonds. The van der Waals surface area contributed by atoms with Gasteiger partial charge in [0.05, 0.1) is 17.3 Å². The largest absolute Gasteiger partial charge is 0.393 e. The Bertz CT molecular complexity index is 578. The van der Waals surface area contributed by atoms with Gasteiger partial charge in [-0.3, -0.25) is 0 Å². The van der Waals surface area contributed by atoms with Gasteiger partial charge in [0, 0.05) is 11.8 Å². The standard InChI is InChI=1S/C22H36O4/c1-19-9-6-16(24)14-15(19)4-5-18-17(19)7-10-20(2)21(25,8-3-13-23)11-12-22(18,20)26/h13,15-18,24-26H,3-12,14H2,1-2H3/t15?,16?,17-,18-,19+,20-,21?,22-/m1/s1. The Morgan fingerprint density at radius 1 is 0.962 bits per heavy atom. The molecule has 0 spiro atoms. The summed E-state index contributed by atoms with van der Waals surface area (Å²) in [7, 11) is 0. The summed E-state index contributed by atoms with van der Waals surface area (Å²) in [6.07, 6.45) is 9.68. The summed E-state index contributed by atoms with van der Waals surface area (Å²) in [5.74, 6) is 1.29. The van der Waals surface area contributed by atoms with Crippen LogP contribution >= 0.6 is 0 Å². The molecule has 26 heavy (non-hydrogen) atoms. The molecule has 0 aromatic carbocycles. The highest BCUT2D eigenvalue weighted by Crippen LogP contribution is 2.70. The number of aliphatic hydroxyl groups is 3. The average molecular weight is 365 g/mol. The second-order valence-corrected chi connectivity index (χ2v) is 10.5. The number of aldehydes is 1. The predicted octanol–water partition coefficient (Wildman–Crippen LogP) is 3.22. The molecule has 0 bridgehead atoms. The Labute approximate surface area is 157 Å². The number of hydrogen-bond acceptors (Lipinski definition) is 4. The fourth-order valence-electron chi connectivity index (χ4n) is 8.02. The number of rotatable bonds is 3. The van der Waals surface area contributed by atoms with E-state index in [0.717, 1.165) is 51.2 Å². The summed E-state index contributed by atoms with van der Waals surface area (Å²) in [6.45, 7) is 4.49. The van der Waals surface area contributed by atoms with Crippen LogP contribution in [-0.4, -0.2) is 38.9 Å². The molecule has 4 heteroatoms. The minimum absolute atomic E-state index is 0.151. The molecule has 0 aliphatic heterocycles. The van der Waals surface area contributed by atoms with Crippen molar-refractivity contribution in [3.8, 4) is 0 Å². The third-order valence-electron chi connectivity index (χ3n) is 9.81. The summed E-state index contributed by atoms with van der Waals surface area (Å²) in [5, 5.41) is 33.5. The maximum absolute atomic E-state index is 12.0. The van der Waals surface area contributed by atoms with Crippen LogP contribution in [0.25, 0.3) is 0 Å². The lowest BCUT2D eigenvalue weighted by Crippen LogP contribution is -2.65. The molecule has 3 N–H and O–H groups in total. The van der Waals surface area contributed by atoms with Crippen molar-refractivity contribution in [2.45, 2.75) is 102 Å². The van der Waals surface area contributed by atoms with Crippen LogP contribution in [0.4, 0.5) is 0 Å². The van der Waals surface area contributed by atoms with E-state index in [0.29, 0.717) is 37.5 Å². The first-order valence-corrected chi connectivity index (χ1v) is 10.8. The average Bonchev–Trinajstić information content (AvgIpc) is 2.82. The minimum Gasteiger partial charge on any atom is -0.393 e. The van der Waals surface area contributed by atoms with Crippen molar-refractivity contribution in [2.24, 2.45) is 28.6 Å². The number of fused-ring (bicyclic) bond motifs is 5. The zero-order valence-corrected chi connectivity index (χ0v) is 16.4. The SMILES string of the molecule is C[C@]12CCC(O)CC1CC[C@@H]1[C@H]2CC[C@]2(C)C(O)(CCC=O)CC[C@@]12O. The second kappa shape index (κ2) is 6.02. The summed E-state index contributed by atoms with van der Waals surface area (Å²) >= 11 is 0. The zero-order chi connectivity index (χ0) is 18.8. The highest BCUT2D eigenvalue weighted by atomic mass is 16.3. The predicted molar refractivity (Wildman–Crippen MR) is 99.4 cm³/mol. The molecule has 8 atom stereocenters. The quantitative estimate of drug-likeness (QED) is 0.672. The van der Waals surface area contributed by atoms with E-state index in [1.807, 2.05) is 0 Å². The third kappa shape index (κ3) is 2.28. The lowest BCUT2D eigenvalue weighted by atomic mass is 9.43. The molecule has 4 aliphatic rings. The molecule has 0 radical (unpaired) electrons. The number of hydrogen-bond donors (Lipinski definition) is 3. The fraction of sp³-hybridized carbons (Fsp3) is 0.955. The van der Waals surface area contributed by atoms with Crippen molar-refractivity contribution in [3.05, 3.63) is 0 Å². The van der Waals surface area contributed by atoms with Crippen molar-refractivity contribution < 1.29 is 20.1 Å². The van der Waals surface area contributed by atoms with Crippen LogP contribution in [0.1, 0.15) is 84.5 Å². The van der Waals surface area contributed by atoms with E-state index < -0.39 is 16.6 Å². The Hall–Kier alpha value is -0.450. The number of aliphatic hydroxyl groups excluding tert-OH is 1. The van der Waals surface area contributed by atoms with Crippen LogP contribution in [0.15, 0.2) is 0 Å². The molecule has 4 aliphatic carbocycles. The molecule has 4 rings (SSSR count). The molecule has 4 saturated carbocycles. The zero-order valence-electron chi connectivity index (χ0n) is 16.4. The van der Waals surface area contributed by atoms with Gasteiger partial charge in [0.15, 0.2) is 0 Å². The van der Waals surface area contributed by atoms with E-state index in [1.165, 1.54) is 0 Å². The smallest absolute Gasteiger partial charge is 0.120 e. The second-order valence-electron chi connectivity index (χ2n) is 10.5.